The molecule has 240 valence electrons. The fourth-order valence-corrected chi connectivity index (χ4v) is 4.59. The zero-order valence-corrected chi connectivity index (χ0v) is 26.1. The second-order valence-corrected chi connectivity index (χ2v) is 12.9. The first-order valence-corrected chi connectivity index (χ1v) is 14.6. The van der Waals surface area contributed by atoms with Gasteiger partial charge in [0, 0.05) is 63.6 Å². The summed E-state index contributed by atoms with van der Waals surface area (Å²) in [6, 6.07) is 0. The summed E-state index contributed by atoms with van der Waals surface area (Å²) in [5.41, 5.74) is -0.994. The van der Waals surface area contributed by atoms with Gasteiger partial charge in [-0.15, -0.1) is 0 Å². The maximum Gasteiger partial charge on any atom is 0.410 e. The third-order valence-electron chi connectivity index (χ3n) is 6.82. The van der Waals surface area contributed by atoms with Crippen molar-refractivity contribution < 1.29 is 43.3 Å². The van der Waals surface area contributed by atoms with Crippen molar-refractivity contribution in [1.29, 1.82) is 0 Å². The van der Waals surface area contributed by atoms with Crippen molar-refractivity contribution in [3.05, 3.63) is 24.3 Å². The SMILES string of the molecule is CC(C)(C)OC(=O)N1CCC(CN2C(=O)C=CC2=O)CC1.CC(C)(C)OC(=O)N1CCC(CNC(=O)/C=C/C(=O)O)CC1. The van der Waals surface area contributed by atoms with E-state index in [0.717, 1.165) is 37.8 Å². The maximum atomic E-state index is 11.9. The number of amides is 5. The largest absolute Gasteiger partial charge is 0.478 e. The minimum atomic E-state index is -1.15. The van der Waals surface area contributed by atoms with Gasteiger partial charge in [-0.3, -0.25) is 19.3 Å². The molecule has 0 aromatic rings. The van der Waals surface area contributed by atoms with Crippen molar-refractivity contribution >= 4 is 35.9 Å². The van der Waals surface area contributed by atoms with Gasteiger partial charge < -0.3 is 29.7 Å². The number of carbonyl (C=O) groups excluding carboxylic acids is 5. The first-order chi connectivity index (χ1) is 19.9. The van der Waals surface area contributed by atoms with Crippen molar-refractivity contribution in [2.75, 3.05) is 39.3 Å². The van der Waals surface area contributed by atoms with E-state index in [9.17, 15) is 28.8 Å². The van der Waals surface area contributed by atoms with E-state index in [-0.39, 0.29) is 35.8 Å². The summed E-state index contributed by atoms with van der Waals surface area (Å²) >= 11 is 0. The second kappa shape index (κ2) is 15.5. The Hall–Kier alpha value is -3.90. The molecular weight excluding hydrogens is 560 g/mol. The number of aliphatic carboxylic acids is 1. The summed E-state index contributed by atoms with van der Waals surface area (Å²) in [6.45, 7) is 14.3. The van der Waals surface area contributed by atoms with E-state index in [2.05, 4.69) is 5.32 Å². The Balaban J connectivity index is 0.000000300. The molecule has 3 rings (SSSR count). The van der Waals surface area contributed by atoms with Crippen LogP contribution in [0.4, 0.5) is 9.59 Å². The summed E-state index contributed by atoms with van der Waals surface area (Å²) in [7, 11) is 0. The molecule has 3 heterocycles. The fraction of sp³-hybridized carbons (Fsp3) is 0.667. The van der Waals surface area contributed by atoms with Crippen molar-refractivity contribution in [3.63, 3.8) is 0 Å². The molecule has 43 heavy (non-hydrogen) atoms. The highest BCUT2D eigenvalue weighted by molar-refractivity contribution is 6.12. The van der Waals surface area contributed by atoms with Gasteiger partial charge in [0.05, 0.1) is 0 Å². The number of nitrogens with one attached hydrogen (secondary N) is 1. The van der Waals surface area contributed by atoms with E-state index >= 15 is 0 Å². The summed E-state index contributed by atoms with van der Waals surface area (Å²) in [5.74, 6) is -1.53. The van der Waals surface area contributed by atoms with Crippen molar-refractivity contribution in [1.82, 2.24) is 20.0 Å². The van der Waals surface area contributed by atoms with Crippen LogP contribution in [-0.2, 0) is 28.7 Å². The Morgan fingerprint density at radius 1 is 0.791 bits per heavy atom. The summed E-state index contributed by atoms with van der Waals surface area (Å²) in [4.78, 5) is 73.2. The standard InChI is InChI=1S/C15H24N2O5.C15H22N2O4/c1-15(2,3)22-14(21)17-8-6-11(7-9-17)10-16-12(18)4-5-13(19)20;1-15(2,3)21-14(20)16-8-6-11(7-9-16)10-17-12(18)4-5-13(17)19/h4-5,11H,6-10H2,1-3H3,(H,16,18)(H,19,20);4-5,11H,6-10H2,1-3H3/b5-4+;. The fourth-order valence-electron chi connectivity index (χ4n) is 4.59. The average Bonchev–Trinajstić information content (AvgIpc) is 3.22. The first kappa shape index (κ1) is 35.3. The normalized spacial score (nSPS) is 18.4. The van der Waals surface area contributed by atoms with Gasteiger partial charge >= 0.3 is 18.2 Å². The van der Waals surface area contributed by atoms with Gasteiger partial charge in [0.25, 0.3) is 11.8 Å². The molecule has 2 fully saturated rings. The van der Waals surface area contributed by atoms with Crippen LogP contribution in [0.3, 0.4) is 0 Å². The molecule has 3 aliphatic rings. The Bertz CT molecular complexity index is 1070. The van der Waals surface area contributed by atoms with Gasteiger partial charge in [-0.1, -0.05) is 0 Å². The van der Waals surface area contributed by atoms with Crippen LogP contribution in [0.2, 0.25) is 0 Å². The summed E-state index contributed by atoms with van der Waals surface area (Å²) < 4.78 is 10.7. The highest BCUT2D eigenvalue weighted by Crippen LogP contribution is 2.22. The zero-order chi connectivity index (χ0) is 32.4. The highest BCUT2D eigenvalue weighted by Gasteiger charge is 2.31. The van der Waals surface area contributed by atoms with Gasteiger partial charge in [-0.25, -0.2) is 14.4 Å². The van der Waals surface area contributed by atoms with Gasteiger partial charge in [-0.2, -0.15) is 0 Å². The van der Waals surface area contributed by atoms with Gasteiger partial charge in [0.2, 0.25) is 5.91 Å². The smallest absolute Gasteiger partial charge is 0.410 e. The van der Waals surface area contributed by atoms with E-state index in [0.29, 0.717) is 39.3 Å². The van der Waals surface area contributed by atoms with Crippen molar-refractivity contribution in [3.8, 4) is 0 Å². The second-order valence-electron chi connectivity index (χ2n) is 12.9. The number of rotatable bonds is 6. The molecule has 0 aliphatic carbocycles. The minimum Gasteiger partial charge on any atom is -0.478 e. The third kappa shape index (κ3) is 13.3. The van der Waals surface area contributed by atoms with Crippen molar-refractivity contribution in [2.45, 2.75) is 78.4 Å². The Morgan fingerprint density at radius 3 is 1.60 bits per heavy atom. The monoisotopic (exact) mass is 606 g/mol. The third-order valence-corrected chi connectivity index (χ3v) is 6.82. The molecule has 5 amide bonds. The zero-order valence-electron chi connectivity index (χ0n) is 26.1. The molecule has 2 N–H and O–H groups in total. The number of likely N-dealkylation sites (tertiary alicyclic amines) is 2. The molecule has 0 atom stereocenters. The number of carboxylic acid groups (broad SMARTS) is 1. The molecule has 13 nitrogen and oxygen atoms in total. The number of hydrogen-bond acceptors (Lipinski definition) is 8. The molecular formula is C30H46N4O9. The molecule has 0 bridgehead atoms. The first-order valence-electron chi connectivity index (χ1n) is 14.6. The molecule has 13 heteroatoms. The number of carbonyl (C=O) groups is 6. The molecule has 0 unspecified atom stereocenters. The quantitative estimate of drug-likeness (QED) is 0.342. The minimum absolute atomic E-state index is 0.241. The predicted octanol–water partition coefficient (Wildman–Crippen LogP) is 2.95. The highest BCUT2D eigenvalue weighted by atomic mass is 16.6. The lowest BCUT2D eigenvalue weighted by Gasteiger charge is -2.34. The van der Waals surface area contributed by atoms with E-state index < -0.39 is 23.1 Å². The molecule has 0 aromatic heterocycles. The van der Waals surface area contributed by atoms with Crippen LogP contribution in [0, 0.1) is 11.8 Å². The van der Waals surface area contributed by atoms with Crippen LogP contribution in [0.25, 0.3) is 0 Å². The van der Waals surface area contributed by atoms with Crippen LogP contribution in [0.5, 0.6) is 0 Å². The topological polar surface area (TPSA) is 163 Å². The summed E-state index contributed by atoms with van der Waals surface area (Å²) in [5, 5.41) is 11.1. The van der Waals surface area contributed by atoms with Crippen LogP contribution < -0.4 is 5.32 Å². The number of nitrogens with zero attached hydrogens (tertiary/aromatic N) is 3. The van der Waals surface area contributed by atoms with Gasteiger partial charge in [0.1, 0.15) is 11.2 Å². The number of ether oxygens (including phenoxy) is 2. The Morgan fingerprint density at radius 2 is 1.21 bits per heavy atom. The molecule has 0 spiro atoms. The van der Waals surface area contributed by atoms with E-state index in [1.807, 2.05) is 41.5 Å². The van der Waals surface area contributed by atoms with Crippen LogP contribution in [0.15, 0.2) is 24.3 Å². The number of hydrogen-bond donors (Lipinski definition) is 2. The van der Waals surface area contributed by atoms with E-state index in [1.54, 1.807) is 9.80 Å². The van der Waals surface area contributed by atoms with E-state index in [1.165, 1.54) is 17.1 Å². The van der Waals surface area contributed by atoms with Crippen LogP contribution in [-0.4, -0.2) is 106 Å². The Labute approximate surface area is 253 Å². The molecule has 2 saturated heterocycles. The molecule has 0 aromatic carbocycles. The van der Waals surface area contributed by atoms with Crippen molar-refractivity contribution in [2.24, 2.45) is 11.8 Å². The van der Waals surface area contributed by atoms with E-state index in [4.69, 9.17) is 14.6 Å². The molecule has 0 radical (unpaired) electrons. The lowest BCUT2D eigenvalue weighted by atomic mass is 9.96. The van der Waals surface area contributed by atoms with Crippen LogP contribution in [0.1, 0.15) is 67.2 Å². The number of imide groups is 1. The predicted molar refractivity (Wildman–Crippen MR) is 157 cm³/mol. The van der Waals surface area contributed by atoms with Crippen LogP contribution >= 0.6 is 0 Å². The molecule has 0 saturated carbocycles. The average molecular weight is 607 g/mol. The maximum absolute atomic E-state index is 11.9. The molecule has 3 aliphatic heterocycles. The lowest BCUT2D eigenvalue weighted by Crippen LogP contribution is -2.44. The lowest BCUT2D eigenvalue weighted by molar-refractivity contribution is -0.138. The summed E-state index contributed by atoms with van der Waals surface area (Å²) in [6.07, 6.45) is 6.92. The number of piperidine rings is 2. The Kier molecular flexibility index (Phi) is 12.8. The van der Waals surface area contributed by atoms with Gasteiger partial charge in [-0.05, 0) is 79.1 Å². The number of carboxylic acids is 1. The van der Waals surface area contributed by atoms with Gasteiger partial charge in [0.15, 0.2) is 0 Å².